The molecule has 2 aromatic rings. The van der Waals surface area contributed by atoms with E-state index in [-0.39, 0.29) is 6.04 Å². The van der Waals surface area contributed by atoms with Crippen molar-refractivity contribution in [1.29, 1.82) is 0 Å². The van der Waals surface area contributed by atoms with Gasteiger partial charge in [0, 0.05) is 5.02 Å². The van der Waals surface area contributed by atoms with E-state index in [2.05, 4.69) is 43.4 Å². The molecule has 0 amide bonds. The molecule has 1 nitrogen and oxygen atoms in total. The predicted molar refractivity (Wildman–Crippen MR) is 88.9 cm³/mol. The van der Waals surface area contributed by atoms with Crippen LogP contribution in [0.2, 0.25) is 10.0 Å². The molecule has 0 bridgehead atoms. The van der Waals surface area contributed by atoms with Crippen molar-refractivity contribution >= 4 is 28.9 Å². The highest BCUT2D eigenvalue weighted by atomic mass is 35.5. The normalized spacial score (nSPS) is 12.2. The molecule has 0 heterocycles. The third kappa shape index (κ3) is 3.68. The fraction of sp³-hybridized carbons (Fsp3) is 0.294. The van der Waals surface area contributed by atoms with Gasteiger partial charge in [-0.3, -0.25) is 0 Å². The quantitative estimate of drug-likeness (QED) is 0.701. The fourth-order valence-electron chi connectivity index (χ4n) is 2.20. The summed E-state index contributed by atoms with van der Waals surface area (Å²) < 4.78 is 0. The Hall–Kier alpha value is -1.18. The summed E-state index contributed by atoms with van der Waals surface area (Å²) in [6.45, 7) is 4.33. The van der Waals surface area contributed by atoms with Gasteiger partial charge in [-0.15, -0.1) is 0 Å². The number of anilines is 1. The Bertz CT molecular complexity index is 564. The van der Waals surface area contributed by atoms with E-state index in [1.807, 2.05) is 12.1 Å². The summed E-state index contributed by atoms with van der Waals surface area (Å²) in [7, 11) is 0. The van der Waals surface area contributed by atoms with Gasteiger partial charge in [-0.2, -0.15) is 0 Å². The van der Waals surface area contributed by atoms with E-state index in [9.17, 15) is 0 Å². The average Bonchev–Trinajstić information content (AvgIpc) is 2.47. The second-order valence-electron chi connectivity index (χ2n) is 4.82. The highest BCUT2D eigenvalue weighted by Crippen LogP contribution is 2.30. The van der Waals surface area contributed by atoms with Crippen LogP contribution in [0, 0.1) is 0 Å². The van der Waals surface area contributed by atoms with Crippen LogP contribution in [0.1, 0.15) is 37.4 Å². The lowest BCUT2D eigenvalue weighted by atomic mass is 10.0. The molecule has 1 atom stereocenters. The molecule has 0 spiro atoms. The van der Waals surface area contributed by atoms with Crippen LogP contribution in [-0.2, 0) is 6.42 Å². The highest BCUT2D eigenvalue weighted by molar-refractivity contribution is 6.36. The van der Waals surface area contributed by atoms with Crippen molar-refractivity contribution in [3.05, 3.63) is 63.6 Å². The Morgan fingerprint density at radius 1 is 1.00 bits per heavy atom. The first-order valence-electron chi connectivity index (χ1n) is 6.94. The first-order chi connectivity index (χ1) is 9.63. The van der Waals surface area contributed by atoms with E-state index in [1.165, 1.54) is 11.1 Å². The van der Waals surface area contributed by atoms with Gasteiger partial charge in [0.15, 0.2) is 0 Å². The second kappa shape index (κ2) is 7.01. The van der Waals surface area contributed by atoms with Gasteiger partial charge in [-0.1, -0.05) is 61.3 Å². The van der Waals surface area contributed by atoms with Crippen molar-refractivity contribution in [2.24, 2.45) is 0 Å². The lowest BCUT2D eigenvalue weighted by Crippen LogP contribution is -2.10. The lowest BCUT2D eigenvalue weighted by molar-refractivity contribution is 0.749. The molecule has 1 unspecified atom stereocenters. The maximum Gasteiger partial charge on any atom is 0.0652 e. The van der Waals surface area contributed by atoms with Gasteiger partial charge in [0.2, 0.25) is 0 Å². The number of nitrogens with one attached hydrogen (secondary N) is 1. The van der Waals surface area contributed by atoms with Gasteiger partial charge in [-0.25, -0.2) is 0 Å². The third-order valence-electron chi connectivity index (χ3n) is 3.46. The molecule has 2 rings (SSSR count). The van der Waals surface area contributed by atoms with Crippen LogP contribution < -0.4 is 5.32 Å². The SMILES string of the molecule is CCc1ccc(C(CC)Nc2ccc(Cl)cc2Cl)cc1. The molecule has 0 aliphatic rings. The Morgan fingerprint density at radius 3 is 2.25 bits per heavy atom. The van der Waals surface area contributed by atoms with Gasteiger partial charge in [0.05, 0.1) is 16.8 Å². The van der Waals surface area contributed by atoms with Crippen molar-refractivity contribution in [2.45, 2.75) is 32.7 Å². The maximum atomic E-state index is 6.22. The summed E-state index contributed by atoms with van der Waals surface area (Å²) in [5.74, 6) is 0. The molecule has 1 N–H and O–H groups in total. The van der Waals surface area contributed by atoms with Crippen LogP contribution in [0.25, 0.3) is 0 Å². The standard InChI is InChI=1S/C17H19Cl2N/c1-3-12-5-7-13(8-6-12)16(4-2)20-17-10-9-14(18)11-15(17)19/h5-11,16,20H,3-4H2,1-2H3. The molecule has 0 aromatic heterocycles. The van der Waals surface area contributed by atoms with E-state index >= 15 is 0 Å². The highest BCUT2D eigenvalue weighted by Gasteiger charge is 2.11. The van der Waals surface area contributed by atoms with Crippen molar-refractivity contribution in [2.75, 3.05) is 5.32 Å². The smallest absolute Gasteiger partial charge is 0.0652 e. The lowest BCUT2D eigenvalue weighted by Gasteiger charge is -2.20. The predicted octanol–water partition coefficient (Wildman–Crippen LogP) is 6.12. The van der Waals surface area contributed by atoms with Crippen LogP contribution in [0.15, 0.2) is 42.5 Å². The summed E-state index contributed by atoms with van der Waals surface area (Å²) in [6, 6.07) is 14.5. The van der Waals surface area contributed by atoms with E-state index in [0.29, 0.717) is 10.0 Å². The zero-order valence-electron chi connectivity index (χ0n) is 11.8. The van der Waals surface area contributed by atoms with Crippen LogP contribution in [0.4, 0.5) is 5.69 Å². The summed E-state index contributed by atoms with van der Waals surface area (Å²) in [5.41, 5.74) is 3.55. The van der Waals surface area contributed by atoms with Gasteiger partial charge < -0.3 is 5.32 Å². The Balaban J connectivity index is 2.19. The third-order valence-corrected chi connectivity index (χ3v) is 4.01. The summed E-state index contributed by atoms with van der Waals surface area (Å²) in [6.07, 6.45) is 2.05. The van der Waals surface area contributed by atoms with Gasteiger partial charge in [0.1, 0.15) is 0 Å². The molecule has 0 saturated heterocycles. The molecule has 0 radical (unpaired) electrons. The molecule has 0 saturated carbocycles. The van der Waals surface area contributed by atoms with Gasteiger partial charge >= 0.3 is 0 Å². The van der Waals surface area contributed by atoms with Crippen molar-refractivity contribution in [3.8, 4) is 0 Å². The summed E-state index contributed by atoms with van der Waals surface area (Å²) >= 11 is 12.1. The number of hydrogen-bond acceptors (Lipinski definition) is 1. The Kier molecular flexibility index (Phi) is 5.33. The zero-order chi connectivity index (χ0) is 14.5. The number of aryl methyl sites for hydroxylation is 1. The van der Waals surface area contributed by atoms with Gasteiger partial charge in [-0.05, 0) is 42.2 Å². The molecule has 0 aliphatic heterocycles. The Labute approximate surface area is 130 Å². The molecule has 0 aliphatic carbocycles. The molecular formula is C17H19Cl2N. The Morgan fingerprint density at radius 2 is 1.70 bits per heavy atom. The fourth-order valence-corrected chi connectivity index (χ4v) is 2.66. The number of rotatable bonds is 5. The molecule has 106 valence electrons. The largest absolute Gasteiger partial charge is 0.377 e. The summed E-state index contributed by atoms with van der Waals surface area (Å²) in [5, 5.41) is 4.79. The zero-order valence-corrected chi connectivity index (χ0v) is 13.3. The van der Waals surface area contributed by atoms with Crippen LogP contribution in [0.5, 0.6) is 0 Å². The summed E-state index contributed by atoms with van der Waals surface area (Å²) in [4.78, 5) is 0. The molecule has 3 heteroatoms. The maximum absolute atomic E-state index is 6.22. The number of benzene rings is 2. The van der Waals surface area contributed by atoms with E-state index in [4.69, 9.17) is 23.2 Å². The number of halogens is 2. The van der Waals surface area contributed by atoms with Crippen molar-refractivity contribution < 1.29 is 0 Å². The molecular weight excluding hydrogens is 289 g/mol. The molecule has 20 heavy (non-hydrogen) atoms. The van der Waals surface area contributed by atoms with E-state index in [1.54, 1.807) is 6.07 Å². The molecule has 2 aromatic carbocycles. The van der Waals surface area contributed by atoms with E-state index < -0.39 is 0 Å². The van der Waals surface area contributed by atoms with Crippen LogP contribution in [-0.4, -0.2) is 0 Å². The van der Waals surface area contributed by atoms with Gasteiger partial charge in [0.25, 0.3) is 0 Å². The minimum atomic E-state index is 0.250. The van der Waals surface area contributed by atoms with E-state index in [0.717, 1.165) is 18.5 Å². The van der Waals surface area contributed by atoms with Crippen molar-refractivity contribution in [3.63, 3.8) is 0 Å². The van der Waals surface area contributed by atoms with Crippen LogP contribution >= 0.6 is 23.2 Å². The first-order valence-corrected chi connectivity index (χ1v) is 7.70. The average molecular weight is 308 g/mol. The first kappa shape index (κ1) is 15.2. The minimum Gasteiger partial charge on any atom is -0.377 e. The topological polar surface area (TPSA) is 12.0 Å². The number of hydrogen-bond donors (Lipinski definition) is 1. The second-order valence-corrected chi connectivity index (χ2v) is 5.67. The minimum absolute atomic E-state index is 0.250. The monoisotopic (exact) mass is 307 g/mol. The van der Waals surface area contributed by atoms with Crippen molar-refractivity contribution in [1.82, 2.24) is 0 Å². The van der Waals surface area contributed by atoms with Crippen LogP contribution in [0.3, 0.4) is 0 Å². The molecule has 0 fully saturated rings.